The van der Waals surface area contributed by atoms with E-state index in [0.29, 0.717) is 19.0 Å². The van der Waals surface area contributed by atoms with Crippen LogP contribution in [0.15, 0.2) is 23.3 Å². The van der Waals surface area contributed by atoms with Gasteiger partial charge in [0.1, 0.15) is 5.82 Å². The predicted octanol–water partition coefficient (Wildman–Crippen LogP) is 2.83. The molecule has 0 spiro atoms. The maximum Gasteiger partial charge on any atom is 0.419 e. The SMILES string of the molecule is CCCCN=C(N)NCCNc1ncccc1C(F)(F)F.I. The zero-order chi connectivity index (χ0) is 15.7. The van der Waals surface area contributed by atoms with E-state index in [1.807, 2.05) is 6.92 Å². The number of nitrogens with zero attached hydrogens (tertiary/aromatic N) is 2. The third-order valence-electron chi connectivity index (χ3n) is 2.63. The lowest BCUT2D eigenvalue weighted by Gasteiger charge is -2.13. The van der Waals surface area contributed by atoms with Gasteiger partial charge < -0.3 is 16.4 Å². The zero-order valence-corrected chi connectivity index (χ0v) is 14.6. The zero-order valence-electron chi connectivity index (χ0n) is 12.3. The van der Waals surface area contributed by atoms with Crippen LogP contribution in [0.2, 0.25) is 0 Å². The first kappa shape index (κ1) is 20.7. The fourth-order valence-electron chi connectivity index (χ4n) is 1.56. The van der Waals surface area contributed by atoms with Gasteiger partial charge in [0, 0.05) is 25.8 Å². The van der Waals surface area contributed by atoms with Gasteiger partial charge in [0.25, 0.3) is 0 Å². The lowest BCUT2D eigenvalue weighted by molar-refractivity contribution is -0.137. The first-order chi connectivity index (χ1) is 9.95. The van der Waals surface area contributed by atoms with Crippen LogP contribution in [0.5, 0.6) is 0 Å². The van der Waals surface area contributed by atoms with E-state index in [1.54, 1.807) is 0 Å². The number of nitrogens with two attached hydrogens (primary N) is 1. The summed E-state index contributed by atoms with van der Waals surface area (Å²) in [6, 6.07) is 2.24. The van der Waals surface area contributed by atoms with Gasteiger partial charge in [-0.3, -0.25) is 4.99 Å². The van der Waals surface area contributed by atoms with Crippen LogP contribution in [0.3, 0.4) is 0 Å². The Hall–Kier alpha value is -1.26. The summed E-state index contributed by atoms with van der Waals surface area (Å²) >= 11 is 0. The Morgan fingerprint density at radius 1 is 1.36 bits per heavy atom. The third kappa shape index (κ3) is 7.66. The number of guanidine groups is 1. The summed E-state index contributed by atoms with van der Waals surface area (Å²) < 4.78 is 38.2. The van der Waals surface area contributed by atoms with Gasteiger partial charge >= 0.3 is 6.18 Å². The van der Waals surface area contributed by atoms with Crippen molar-refractivity contribution in [1.29, 1.82) is 0 Å². The highest BCUT2D eigenvalue weighted by Gasteiger charge is 2.33. The Kier molecular flexibility index (Phi) is 9.86. The summed E-state index contributed by atoms with van der Waals surface area (Å²) in [5, 5.41) is 5.46. The molecule has 0 saturated heterocycles. The standard InChI is InChI=1S/C13H20F3N5.HI/c1-2-3-6-20-12(17)21-9-8-19-11-10(13(14,15)16)5-4-7-18-11;/h4-5,7H,2-3,6,8-9H2,1H3,(H,18,19)(H3,17,20,21);1H. The van der Waals surface area contributed by atoms with Gasteiger partial charge in [-0.1, -0.05) is 13.3 Å². The van der Waals surface area contributed by atoms with Gasteiger partial charge in [0.15, 0.2) is 5.96 Å². The summed E-state index contributed by atoms with van der Waals surface area (Å²) in [7, 11) is 0. The number of alkyl halides is 3. The Morgan fingerprint density at radius 2 is 2.09 bits per heavy atom. The van der Waals surface area contributed by atoms with E-state index in [-0.39, 0.29) is 36.3 Å². The van der Waals surface area contributed by atoms with Gasteiger partial charge in [-0.2, -0.15) is 13.2 Å². The summed E-state index contributed by atoms with van der Waals surface area (Å²) in [5.41, 5.74) is 4.83. The second-order valence-corrected chi connectivity index (χ2v) is 4.37. The van der Waals surface area contributed by atoms with Crippen molar-refractivity contribution in [3.63, 3.8) is 0 Å². The molecule has 5 nitrogen and oxygen atoms in total. The summed E-state index contributed by atoms with van der Waals surface area (Å²) in [5.74, 6) is 0.107. The van der Waals surface area contributed by atoms with Crippen molar-refractivity contribution in [3.8, 4) is 0 Å². The van der Waals surface area contributed by atoms with Gasteiger partial charge in [-0.15, -0.1) is 24.0 Å². The molecule has 1 heterocycles. The van der Waals surface area contributed by atoms with Crippen LogP contribution >= 0.6 is 24.0 Å². The molecule has 0 saturated carbocycles. The number of nitrogens with one attached hydrogen (secondary N) is 2. The van der Waals surface area contributed by atoms with Crippen LogP contribution < -0.4 is 16.4 Å². The number of pyridine rings is 1. The fourth-order valence-corrected chi connectivity index (χ4v) is 1.56. The molecule has 0 aliphatic heterocycles. The Balaban J connectivity index is 0.00000441. The maximum absolute atomic E-state index is 12.7. The van der Waals surface area contributed by atoms with Crippen molar-refractivity contribution < 1.29 is 13.2 Å². The van der Waals surface area contributed by atoms with Crippen molar-refractivity contribution in [2.75, 3.05) is 25.0 Å². The molecule has 0 unspecified atom stereocenters. The molecule has 0 aliphatic carbocycles. The van der Waals surface area contributed by atoms with Crippen molar-refractivity contribution in [1.82, 2.24) is 10.3 Å². The second-order valence-electron chi connectivity index (χ2n) is 4.37. The molecule has 0 amide bonds. The van der Waals surface area contributed by atoms with Crippen LogP contribution in [-0.4, -0.2) is 30.6 Å². The number of halogens is 4. The molecule has 1 rings (SSSR count). The number of anilines is 1. The number of unbranched alkanes of at least 4 members (excludes halogenated alkanes) is 1. The molecule has 0 aromatic carbocycles. The molecule has 4 N–H and O–H groups in total. The highest BCUT2D eigenvalue weighted by Crippen LogP contribution is 2.33. The van der Waals surface area contributed by atoms with Gasteiger partial charge in [0.05, 0.1) is 5.56 Å². The number of hydrogen-bond donors (Lipinski definition) is 3. The Morgan fingerprint density at radius 3 is 2.73 bits per heavy atom. The molecular formula is C13H21F3IN5. The maximum atomic E-state index is 12.7. The molecule has 0 radical (unpaired) electrons. The molecule has 0 atom stereocenters. The number of aromatic nitrogens is 1. The molecule has 9 heteroatoms. The molecule has 22 heavy (non-hydrogen) atoms. The van der Waals surface area contributed by atoms with Crippen molar-refractivity contribution in [2.45, 2.75) is 25.9 Å². The minimum absolute atomic E-state index is 0. The molecule has 0 aliphatic rings. The topological polar surface area (TPSA) is 75.3 Å². The van der Waals surface area contributed by atoms with Crippen molar-refractivity contribution in [2.24, 2.45) is 10.7 Å². The lowest BCUT2D eigenvalue weighted by atomic mass is 10.2. The monoisotopic (exact) mass is 431 g/mol. The van der Waals surface area contributed by atoms with Crippen LogP contribution in [-0.2, 0) is 6.18 Å². The minimum atomic E-state index is -4.43. The normalized spacial score (nSPS) is 11.7. The second kappa shape index (κ2) is 10.5. The molecule has 126 valence electrons. The fraction of sp³-hybridized carbons (Fsp3) is 0.538. The van der Waals surface area contributed by atoms with Crippen molar-refractivity contribution in [3.05, 3.63) is 23.9 Å². The molecular weight excluding hydrogens is 410 g/mol. The predicted molar refractivity (Wildman–Crippen MR) is 92.5 cm³/mol. The lowest BCUT2D eigenvalue weighted by Crippen LogP contribution is -2.35. The van der Waals surface area contributed by atoms with E-state index in [9.17, 15) is 13.2 Å². The Bertz CT molecular complexity index is 465. The number of rotatable bonds is 7. The van der Waals surface area contributed by atoms with E-state index >= 15 is 0 Å². The highest BCUT2D eigenvalue weighted by molar-refractivity contribution is 14.0. The van der Waals surface area contributed by atoms with E-state index in [1.165, 1.54) is 12.3 Å². The van der Waals surface area contributed by atoms with Crippen molar-refractivity contribution >= 4 is 35.8 Å². The summed E-state index contributed by atoms with van der Waals surface area (Å²) in [6.07, 6.45) is -1.14. The number of hydrogen-bond acceptors (Lipinski definition) is 3. The van der Waals surface area contributed by atoms with Crippen LogP contribution in [0.1, 0.15) is 25.3 Å². The van der Waals surface area contributed by atoms with E-state index in [0.717, 1.165) is 18.9 Å². The first-order valence-electron chi connectivity index (χ1n) is 6.75. The van der Waals surface area contributed by atoms with Gasteiger partial charge in [-0.05, 0) is 18.6 Å². The first-order valence-corrected chi connectivity index (χ1v) is 6.75. The van der Waals surface area contributed by atoms with E-state index in [4.69, 9.17) is 5.73 Å². The molecule has 1 aromatic heterocycles. The average molecular weight is 431 g/mol. The van der Waals surface area contributed by atoms with Crippen LogP contribution in [0, 0.1) is 0 Å². The van der Waals surface area contributed by atoms with Gasteiger partial charge in [0.2, 0.25) is 0 Å². The van der Waals surface area contributed by atoms with Gasteiger partial charge in [-0.25, -0.2) is 4.98 Å². The third-order valence-corrected chi connectivity index (χ3v) is 2.63. The summed E-state index contributed by atoms with van der Waals surface area (Å²) in [6.45, 7) is 3.30. The smallest absolute Gasteiger partial charge is 0.370 e. The largest absolute Gasteiger partial charge is 0.419 e. The number of aliphatic imine (C=N–C) groups is 1. The van der Waals surface area contributed by atoms with E-state index in [2.05, 4.69) is 20.6 Å². The summed E-state index contributed by atoms with van der Waals surface area (Å²) in [4.78, 5) is 7.78. The molecule has 0 bridgehead atoms. The Labute approximate surface area is 145 Å². The minimum Gasteiger partial charge on any atom is -0.370 e. The van der Waals surface area contributed by atoms with E-state index < -0.39 is 11.7 Å². The quantitative estimate of drug-likeness (QED) is 0.269. The molecule has 1 aromatic rings. The van der Waals surface area contributed by atoms with Crippen LogP contribution in [0.4, 0.5) is 19.0 Å². The average Bonchev–Trinajstić information content (AvgIpc) is 2.43. The molecule has 0 fully saturated rings. The highest BCUT2D eigenvalue weighted by atomic mass is 127. The van der Waals surface area contributed by atoms with Crippen LogP contribution in [0.25, 0.3) is 0 Å².